The summed E-state index contributed by atoms with van der Waals surface area (Å²) in [5, 5.41) is 6.81. The van der Waals surface area contributed by atoms with Crippen LogP contribution in [-0.2, 0) is 6.42 Å². The second kappa shape index (κ2) is 8.97. The highest BCUT2D eigenvalue weighted by Crippen LogP contribution is 2.16. The summed E-state index contributed by atoms with van der Waals surface area (Å²) in [5.74, 6) is 0.893. The van der Waals surface area contributed by atoms with E-state index in [4.69, 9.17) is 0 Å². The Morgan fingerprint density at radius 1 is 1.40 bits per heavy atom. The van der Waals surface area contributed by atoms with Crippen LogP contribution in [0.4, 0.5) is 0 Å². The van der Waals surface area contributed by atoms with Crippen molar-refractivity contribution in [2.45, 2.75) is 32.7 Å². The molecule has 0 aliphatic carbocycles. The summed E-state index contributed by atoms with van der Waals surface area (Å²) in [6.07, 6.45) is 2.16. The monoisotopic (exact) mass is 296 g/mol. The van der Waals surface area contributed by atoms with Crippen LogP contribution in [0.1, 0.15) is 23.1 Å². The van der Waals surface area contributed by atoms with Gasteiger partial charge in [-0.05, 0) is 53.0 Å². The second-order valence-corrected chi connectivity index (χ2v) is 6.79. The summed E-state index contributed by atoms with van der Waals surface area (Å²) in [6, 6.07) is 4.78. The number of aryl methyl sites for hydroxylation is 1. The maximum Gasteiger partial charge on any atom is 0.191 e. The molecule has 5 heteroatoms. The van der Waals surface area contributed by atoms with Gasteiger partial charge >= 0.3 is 0 Å². The van der Waals surface area contributed by atoms with Crippen molar-refractivity contribution in [1.29, 1.82) is 0 Å². The molecule has 114 valence electrons. The van der Waals surface area contributed by atoms with Gasteiger partial charge in [0.25, 0.3) is 0 Å². The van der Waals surface area contributed by atoms with Gasteiger partial charge in [0.15, 0.2) is 5.96 Å². The SMILES string of the molecule is CN=C(NCCCN(C)C)NC(C)Cc1ccc(C)s1. The van der Waals surface area contributed by atoms with Crippen LogP contribution < -0.4 is 10.6 Å². The molecule has 0 radical (unpaired) electrons. The van der Waals surface area contributed by atoms with Gasteiger partial charge < -0.3 is 15.5 Å². The number of nitrogens with zero attached hydrogens (tertiary/aromatic N) is 2. The number of thiophene rings is 1. The van der Waals surface area contributed by atoms with Gasteiger partial charge in [0.2, 0.25) is 0 Å². The van der Waals surface area contributed by atoms with Gasteiger partial charge in [-0.1, -0.05) is 0 Å². The van der Waals surface area contributed by atoms with Crippen LogP contribution >= 0.6 is 11.3 Å². The highest BCUT2D eigenvalue weighted by atomic mass is 32.1. The van der Waals surface area contributed by atoms with Crippen LogP contribution in [-0.4, -0.2) is 51.1 Å². The minimum absolute atomic E-state index is 0.382. The zero-order valence-electron chi connectivity index (χ0n) is 13.4. The van der Waals surface area contributed by atoms with Crippen LogP contribution in [0.2, 0.25) is 0 Å². The largest absolute Gasteiger partial charge is 0.356 e. The highest BCUT2D eigenvalue weighted by molar-refractivity contribution is 7.11. The fraction of sp³-hybridized carbons (Fsp3) is 0.667. The molecule has 1 rings (SSSR count). The number of nitrogens with one attached hydrogen (secondary N) is 2. The molecule has 0 fully saturated rings. The molecule has 1 atom stereocenters. The quantitative estimate of drug-likeness (QED) is 0.460. The number of aliphatic imine (C=N–C) groups is 1. The first-order chi connectivity index (χ1) is 9.51. The molecule has 0 spiro atoms. The predicted molar refractivity (Wildman–Crippen MR) is 89.9 cm³/mol. The summed E-state index contributed by atoms with van der Waals surface area (Å²) in [7, 11) is 6.01. The van der Waals surface area contributed by atoms with Crippen molar-refractivity contribution in [2.24, 2.45) is 4.99 Å². The van der Waals surface area contributed by atoms with E-state index in [9.17, 15) is 0 Å². The lowest BCUT2D eigenvalue weighted by molar-refractivity contribution is 0.399. The summed E-state index contributed by atoms with van der Waals surface area (Å²) in [5.41, 5.74) is 0. The molecular formula is C15H28N4S. The zero-order valence-corrected chi connectivity index (χ0v) is 14.2. The first kappa shape index (κ1) is 17.0. The lowest BCUT2D eigenvalue weighted by atomic mass is 10.2. The summed E-state index contributed by atoms with van der Waals surface area (Å²) in [4.78, 5) is 9.27. The number of guanidine groups is 1. The van der Waals surface area contributed by atoms with Gasteiger partial charge in [0.05, 0.1) is 0 Å². The van der Waals surface area contributed by atoms with Gasteiger partial charge in [-0.2, -0.15) is 0 Å². The second-order valence-electron chi connectivity index (χ2n) is 5.42. The number of hydrogen-bond donors (Lipinski definition) is 2. The third-order valence-corrected chi connectivity index (χ3v) is 4.01. The minimum atomic E-state index is 0.382. The highest BCUT2D eigenvalue weighted by Gasteiger charge is 2.07. The summed E-state index contributed by atoms with van der Waals surface area (Å²) >= 11 is 1.87. The molecule has 0 saturated carbocycles. The average molecular weight is 296 g/mol. The van der Waals surface area contributed by atoms with E-state index in [1.807, 2.05) is 18.4 Å². The van der Waals surface area contributed by atoms with E-state index in [1.54, 1.807) is 0 Å². The molecule has 1 aromatic rings. The molecule has 0 aliphatic heterocycles. The van der Waals surface area contributed by atoms with Crippen LogP contribution in [0.3, 0.4) is 0 Å². The lowest BCUT2D eigenvalue weighted by Gasteiger charge is -2.18. The fourth-order valence-electron chi connectivity index (χ4n) is 1.98. The normalized spacial score (nSPS) is 13.6. The molecule has 1 heterocycles. The Balaban J connectivity index is 2.29. The van der Waals surface area contributed by atoms with Crippen molar-refractivity contribution < 1.29 is 0 Å². The summed E-state index contributed by atoms with van der Waals surface area (Å²) < 4.78 is 0. The fourth-order valence-corrected chi connectivity index (χ4v) is 3.00. The number of hydrogen-bond acceptors (Lipinski definition) is 3. The molecule has 1 unspecified atom stereocenters. The van der Waals surface area contributed by atoms with E-state index >= 15 is 0 Å². The van der Waals surface area contributed by atoms with Crippen molar-refractivity contribution in [3.05, 3.63) is 21.9 Å². The van der Waals surface area contributed by atoms with Crippen molar-refractivity contribution in [2.75, 3.05) is 34.2 Å². The first-order valence-electron chi connectivity index (χ1n) is 7.18. The summed E-state index contributed by atoms with van der Waals surface area (Å²) in [6.45, 7) is 6.38. The molecule has 0 aromatic carbocycles. The molecule has 4 nitrogen and oxygen atoms in total. The molecule has 2 N–H and O–H groups in total. The maximum atomic E-state index is 4.28. The molecular weight excluding hydrogens is 268 g/mol. The predicted octanol–water partition coefficient (Wildman–Crippen LogP) is 2.10. The molecule has 20 heavy (non-hydrogen) atoms. The Morgan fingerprint density at radius 2 is 2.15 bits per heavy atom. The van der Waals surface area contributed by atoms with Crippen molar-refractivity contribution in [3.63, 3.8) is 0 Å². The Hall–Kier alpha value is -1.07. The first-order valence-corrected chi connectivity index (χ1v) is 8.00. The van der Waals surface area contributed by atoms with E-state index < -0.39 is 0 Å². The molecule has 0 aliphatic rings. The third kappa shape index (κ3) is 6.91. The van der Waals surface area contributed by atoms with E-state index in [1.165, 1.54) is 9.75 Å². The Kier molecular flexibility index (Phi) is 7.62. The lowest BCUT2D eigenvalue weighted by Crippen LogP contribution is -2.43. The van der Waals surface area contributed by atoms with Crippen molar-refractivity contribution in [1.82, 2.24) is 15.5 Å². The van der Waals surface area contributed by atoms with Gasteiger partial charge in [-0.3, -0.25) is 4.99 Å². The average Bonchev–Trinajstić information content (AvgIpc) is 2.78. The van der Waals surface area contributed by atoms with E-state index in [2.05, 4.69) is 60.6 Å². The third-order valence-electron chi connectivity index (χ3n) is 2.98. The van der Waals surface area contributed by atoms with E-state index in [0.29, 0.717) is 6.04 Å². The Labute approximate surface area is 127 Å². The standard InChI is InChI=1S/C15H28N4S/c1-12(11-14-8-7-13(2)20-14)18-15(16-3)17-9-6-10-19(4)5/h7-8,12H,6,9-11H2,1-5H3,(H2,16,17,18). The maximum absolute atomic E-state index is 4.28. The van der Waals surface area contributed by atoms with Crippen LogP contribution in [0.15, 0.2) is 17.1 Å². The molecule has 0 saturated heterocycles. The zero-order chi connectivity index (χ0) is 15.0. The smallest absolute Gasteiger partial charge is 0.191 e. The van der Waals surface area contributed by atoms with Crippen LogP contribution in [0.5, 0.6) is 0 Å². The van der Waals surface area contributed by atoms with E-state index in [-0.39, 0.29) is 0 Å². The van der Waals surface area contributed by atoms with Gasteiger partial charge in [-0.25, -0.2) is 0 Å². The molecule has 1 aromatic heterocycles. The van der Waals surface area contributed by atoms with Crippen molar-refractivity contribution >= 4 is 17.3 Å². The topological polar surface area (TPSA) is 39.7 Å². The van der Waals surface area contributed by atoms with Gasteiger partial charge in [-0.15, -0.1) is 11.3 Å². The molecule has 0 bridgehead atoms. The molecule has 0 amide bonds. The minimum Gasteiger partial charge on any atom is -0.356 e. The Morgan fingerprint density at radius 3 is 2.70 bits per heavy atom. The van der Waals surface area contributed by atoms with Gasteiger partial charge in [0.1, 0.15) is 0 Å². The van der Waals surface area contributed by atoms with Gasteiger partial charge in [0, 0.05) is 35.8 Å². The number of rotatable bonds is 7. The van der Waals surface area contributed by atoms with E-state index in [0.717, 1.165) is 31.9 Å². The van der Waals surface area contributed by atoms with Crippen LogP contribution in [0, 0.1) is 6.92 Å². The Bertz CT molecular complexity index is 412. The van der Waals surface area contributed by atoms with Crippen LogP contribution in [0.25, 0.3) is 0 Å². The van der Waals surface area contributed by atoms with Crippen molar-refractivity contribution in [3.8, 4) is 0 Å².